The molecule has 0 aliphatic heterocycles. The van der Waals surface area contributed by atoms with E-state index in [2.05, 4.69) is 10.1 Å². The maximum Gasteiger partial charge on any atom is 0.433 e. The first-order valence-corrected chi connectivity index (χ1v) is 7.07. The molecule has 0 N–H and O–H groups in total. The number of hydrogen-bond donors (Lipinski definition) is 0. The van der Waals surface area contributed by atoms with Gasteiger partial charge in [-0.05, 0) is 25.1 Å². The molecule has 0 atom stereocenters. The lowest BCUT2D eigenvalue weighted by molar-refractivity contribution is -0.142. The molecule has 26 heavy (non-hydrogen) atoms. The molecule has 0 bridgehead atoms. The minimum absolute atomic E-state index is 0.0498. The first-order chi connectivity index (χ1) is 12.0. The van der Waals surface area contributed by atoms with Gasteiger partial charge in [0, 0.05) is 5.56 Å². The number of alkyl halides is 6. The average Bonchev–Trinajstić information content (AvgIpc) is 2.87. The average molecular weight is 370 g/mol. The van der Waals surface area contributed by atoms with Crippen molar-refractivity contribution in [3.05, 3.63) is 52.8 Å². The summed E-state index contributed by atoms with van der Waals surface area (Å²) in [5.41, 5.74) is -2.66. The van der Waals surface area contributed by atoms with Gasteiger partial charge in [0.25, 0.3) is 0 Å². The van der Waals surface area contributed by atoms with Crippen molar-refractivity contribution in [2.45, 2.75) is 19.3 Å². The van der Waals surface area contributed by atoms with Gasteiger partial charge in [-0.3, -0.25) is 0 Å². The summed E-state index contributed by atoms with van der Waals surface area (Å²) in [6, 6.07) is 5.98. The minimum Gasteiger partial charge on any atom is -0.227 e. The van der Waals surface area contributed by atoms with Crippen molar-refractivity contribution in [1.29, 1.82) is 5.26 Å². The molecule has 0 saturated carbocycles. The van der Waals surface area contributed by atoms with E-state index in [1.807, 2.05) is 0 Å². The summed E-state index contributed by atoms with van der Waals surface area (Å²) in [4.78, 5) is 4.00. The topological polar surface area (TPSA) is 54.0 Å². The molecule has 3 rings (SSSR count). The van der Waals surface area contributed by atoms with E-state index in [0.717, 1.165) is 24.3 Å². The van der Waals surface area contributed by atoms with Crippen LogP contribution in [0.5, 0.6) is 0 Å². The Morgan fingerprint density at radius 2 is 1.62 bits per heavy atom. The van der Waals surface area contributed by atoms with Gasteiger partial charge in [-0.1, -0.05) is 12.1 Å². The van der Waals surface area contributed by atoms with Crippen LogP contribution in [0, 0.1) is 18.3 Å². The largest absolute Gasteiger partial charge is 0.433 e. The monoisotopic (exact) mass is 370 g/mol. The van der Waals surface area contributed by atoms with Crippen LogP contribution in [-0.2, 0) is 12.4 Å². The van der Waals surface area contributed by atoms with E-state index >= 15 is 0 Å². The van der Waals surface area contributed by atoms with Gasteiger partial charge >= 0.3 is 12.4 Å². The first-order valence-electron chi connectivity index (χ1n) is 7.07. The highest BCUT2D eigenvalue weighted by atomic mass is 19.4. The van der Waals surface area contributed by atoms with E-state index in [4.69, 9.17) is 5.26 Å². The maximum absolute atomic E-state index is 13.4. The summed E-state index contributed by atoms with van der Waals surface area (Å²) < 4.78 is 78.5. The number of fused-ring (bicyclic) bond motifs is 1. The fraction of sp³-hybridized carbons (Fsp3) is 0.188. The Kier molecular flexibility index (Phi) is 3.90. The third kappa shape index (κ3) is 2.96. The molecule has 2 aromatic heterocycles. The van der Waals surface area contributed by atoms with E-state index in [1.54, 1.807) is 6.07 Å². The van der Waals surface area contributed by atoms with Gasteiger partial charge in [0.05, 0.1) is 17.0 Å². The summed E-state index contributed by atoms with van der Waals surface area (Å²) in [5, 5.41) is 12.8. The van der Waals surface area contributed by atoms with Gasteiger partial charge in [-0.2, -0.15) is 36.7 Å². The van der Waals surface area contributed by atoms with E-state index in [-0.39, 0.29) is 28.2 Å². The van der Waals surface area contributed by atoms with Crippen molar-refractivity contribution < 1.29 is 26.3 Å². The molecular formula is C16H8F6N4. The Morgan fingerprint density at radius 3 is 2.12 bits per heavy atom. The Hall–Kier alpha value is -3.09. The fourth-order valence-corrected chi connectivity index (χ4v) is 2.43. The summed E-state index contributed by atoms with van der Waals surface area (Å²) in [7, 11) is 0. The number of aromatic nitrogens is 3. The number of nitriles is 1. The van der Waals surface area contributed by atoms with E-state index < -0.39 is 23.6 Å². The van der Waals surface area contributed by atoms with Crippen molar-refractivity contribution in [1.82, 2.24) is 14.6 Å². The Balaban J connectivity index is 2.26. The number of rotatable bonds is 1. The van der Waals surface area contributed by atoms with Crippen molar-refractivity contribution in [3.63, 3.8) is 0 Å². The van der Waals surface area contributed by atoms with E-state index in [0.29, 0.717) is 10.6 Å². The second kappa shape index (κ2) is 5.72. The SMILES string of the molecule is Cc1nn2c(C(F)(F)F)cc(-c3ccc(C(F)(F)F)cc3)nc2c1C#N. The van der Waals surface area contributed by atoms with Gasteiger partial charge in [-0.15, -0.1) is 0 Å². The molecule has 0 radical (unpaired) electrons. The molecule has 0 saturated heterocycles. The zero-order valence-electron chi connectivity index (χ0n) is 12.9. The van der Waals surface area contributed by atoms with Crippen molar-refractivity contribution in [2.24, 2.45) is 0 Å². The number of nitrogens with zero attached hydrogens (tertiary/aromatic N) is 4. The third-order valence-corrected chi connectivity index (χ3v) is 3.67. The highest BCUT2D eigenvalue weighted by Crippen LogP contribution is 2.34. The second-order valence-corrected chi connectivity index (χ2v) is 5.41. The molecular weight excluding hydrogens is 362 g/mol. The van der Waals surface area contributed by atoms with Crippen LogP contribution < -0.4 is 0 Å². The summed E-state index contributed by atoms with van der Waals surface area (Å²) in [6.07, 6.45) is -9.36. The zero-order valence-corrected chi connectivity index (χ0v) is 12.9. The van der Waals surface area contributed by atoms with Crippen LogP contribution in [0.1, 0.15) is 22.5 Å². The predicted octanol–water partition coefficient (Wildman–Crippen LogP) is 4.61. The minimum atomic E-state index is -4.80. The quantitative estimate of drug-likeness (QED) is 0.588. The van der Waals surface area contributed by atoms with Crippen LogP contribution in [0.15, 0.2) is 30.3 Å². The van der Waals surface area contributed by atoms with Crippen molar-refractivity contribution in [2.75, 3.05) is 0 Å². The Bertz CT molecular complexity index is 1020. The molecule has 2 heterocycles. The molecule has 0 aliphatic carbocycles. The normalized spacial score (nSPS) is 12.4. The lowest BCUT2D eigenvalue weighted by Crippen LogP contribution is -2.14. The zero-order chi connectivity index (χ0) is 19.3. The first kappa shape index (κ1) is 17.7. The van der Waals surface area contributed by atoms with Gasteiger partial charge in [0.1, 0.15) is 11.6 Å². The lowest BCUT2D eigenvalue weighted by Gasteiger charge is -2.12. The molecule has 4 nitrogen and oxygen atoms in total. The highest BCUT2D eigenvalue weighted by molar-refractivity contribution is 5.67. The Morgan fingerprint density at radius 1 is 1.00 bits per heavy atom. The van der Waals surface area contributed by atoms with Gasteiger partial charge in [0.15, 0.2) is 11.3 Å². The van der Waals surface area contributed by atoms with E-state index in [1.165, 1.54) is 6.92 Å². The van der Waals surface area contributed by atoms with E-state index in [9.17, 15) is 26.3 Å². The highest BCUT2D eigenvalue weighted by Gasteiger charge is 2.36. The molecule has 134 valence electrons. The van der Waals surface area contributed by atoms with Crippen molar-refractivity contribution >= 4 is 5.65 Å². The standard InChI is InChI=1S/C16H8F6N4/c1-8-11(7-23)14-24-12(6-13(16(20,21)22)26(14)25-8)9-2-4-10(5-3-9)15(17,18)19/h2-6H,1H3. The predicted molar refractivity (Wildman–Crippen MR) is 77.9 cm³/mol. The summed E-state index contributed by atoms with van der Waals surface area (Å²) in [6.45, 7) is 1.37. The Labute approximate surface area is 142 Å². The summed E-state index contributed by atoms with van der Waals surface area (Å²) >= 11 is 0. The van der Waals surface area contributed by atoms with Crippen LogP contribution in [-0.4, -0.2) is 14.6 Å². The smallest absolute Gasteiger partial charge is 0.227 e. The van der Waals surface area contributed by atoms with Crippen LogP contribution in [0.2, 0.25) is 0 Å². The van der Waals surface area contributed by atoms with Crippen LogP contribution in [0.25, 0.3) is 16.9 Å². The molecule has 1 aromatic carbocycles. The summed E-state index contributed by atoms with van der Waals surface area (Å²) in [5.74, 6) is 0. The molecule has 10 heteroatoms. The van der Waals surface area contributed by atoms with Crippen LogP contribution in [0.4, 0.5) is 26.3 Å². The van der Waals surface area contributed by atoms with Gasteiger partial charge < -0.3 is 0 Å². The number of hydrogen-bond acceptors (Lipinski definition) is 3. The molecule has 0 aliphatic rings. The molecule has 0 fully saturated rings. The van der Waals surface area contributed by atoms with Crippen LogP contribution in [0.3, 0.4) is 0 Å². The van der Waals surface area contributed by atoms with Crippen LogP contribution >= 0.6 is 0 Å². The number of halogens is 6. The maximum atomic E-state index is 13.4. The second-order valence-electron chi connectivity index (χ2n) is 5.41. The van der Waals surface area contributed by atoms with Gasteiger partial charge in [0.2, 0.25) is 0 Å². The molecule has 3 aromatic rings. The molecule has 0 spiro atoms. The third-order valence-electron chi connectivity index (χ3n) is 3.67. The number of benzene rings is 1. The fourth-order valence-electron chi connectivity index (χ4n) is 2.43. The lowest BCUT2D eigenvalue weighted by atomic mass is 10.1. The number of aryl methyl sites for hydroxylation is 1. The van der Waals surface area contributed by atoms with Gasteiger partial charge in [-0.25, -0.2) is 9.50 Å². The van der Waals surface area contributed by atoms with Crippen molar-refractivity contribution in [3.8, 4) is 17.3 Å². The molecule has 0 amide bonds. The molecule has 0 unspecified atom stereocenters.